The summed E-state index contributed by atoms with van der Waals surface area (Å²) in [5.41, 5.74) is 4.37. The fourth-order valence-corrected chi connectivity index (χ4v) is 3.86. The van der Waals surface area contributed by atoms with Crippen molar-refractivity contribution in [3.05, 3.63) is 72.1 Å². The number of carboxylic acids is 1. The molecule has 2 aromatic carbocycles. The number of carboxylic acid groups (broad SMARTS) is 1. The molecule has 0 amide bonds. The molecular formula is C21H20N2O2. The molecular weight excluding hydrogens is 312 g/mol. The summed E-state index contributed by atoms with van der Waals surface area (Å²) in [4.78, 5) is 11.6. The van der Waals surface area contributed by atoms with Crippen LogP contribution in [0, 0.1) is 0 Å². The molecule has 25 heavy (non-hydrogen) atoms. The summed E-state index contributed by atoms with van der Waals surface area (Å²) in [7, 11) is 4.01. The van der Waals surface area contributed by atoms with E-state index in [1.54, 1.807) is 0 Å². The maximum Gasteiger partial charge on any atom is 0.304 e. The second kappa shape index (κ2) is 5.81. The van der Waals surface area contributed by atoms with Gasteiger partial charge in [0.05, 0.1) is 6.42 Å². The molecule has 0 spiro atoms. The Balaban J connectivity index is 1.98. The van der Waals surface area contributed by atoms with Gasteiger partial charge in [-0.2, -0.15) is 0 Å². The largest absolute Gasteiger partial charge is 0.481 e. The molecule has 0 unspecified atom stereocenters. The summed E-state index contributed by atoms with van der Waals surface area (Å²) in [5.74, 6) is -0.972. The van der Waals surface area contributed by atoms with Crippen molar-refractivity contribution in [2.45, 2.75) is 12.3 Å². The molecule has 0 saturated heterocycles. The van der Waals surface area contributed by atoms with Crippen molar-refractivity contribution in [2.75, 3.05) is 0 Å². The number of aliphatic carboxylic acids is 1. The van der Waals surface area contributed by atoms with E-state index in [2.05, 4.69) is 45.8 Å². The minimum Gasteiger partial charge on any atom is -0.481 e. The number of para-hydroxylation sites is 2. The molecule has 0 aliphatic heterocycles. The van der Waals surface area contributed by atoms with Crippen LogP contribution in [0.4, 0.5) is 0 Å². The molecule has 0 radical (unpaired) electrons. The maximum atomic E-state index is 11.6. The van der Waals surface area contributed by atoms with Crippen LogP contribution >= 0.6 is 0 Å². The van der Waals surface area contributed by atoms with Crippen LogP contribution in [0.25, 0.3) is 21.8 Å². The van der Waals surface area contributed by atoms with Gasteiger partial charge in [-0.25, -0.2) is 0 Å². The molecule has 2 heterocycles. The van der Waals surface area contributed by atoms with Crippen molar-refractivity contribution >= 4 is 27.8 Å². The van der Waals surface area contributed by atoms with Gasteiger partial charge in [0.2, 0.25) is 0 Å². The number of hydrogen-bond acceptors (Lipinski definition) is 1. The standard InChI is InChI=1S/C21H20N2O2/c1-22-12-17(14-7-3-5-9-19(14)22)16(11-21(24)25)18-13-23(2)20-10-6-4-8-15(18)20/h3-10,12-13,16H,11H2,1-2H3,(H,24,25). The Labute approximate surface area is 145 Å². The Morgan fingerprint density at radius 1 is 0.880 bits per heavy atom. The van der Waals surface area contributed by atoms with Gasteiger partial charge in [0.1, 0.15) is 0 Å². The van der Waals surface area contributed by atoms with E-state index in [0.717, 1.165) is 32.9 Å². The predicted octanol–water partition coefficient (Wildman–Crippen LogP) is 4.28. The summed E-state index contributed by atoms with van der Waals surface area (Å²) in [6, 6.07) is 16.3. The molecule has 4 aromatic rings. The average Bonchev–Trinajstić information content (AvgIpc) is 3.12. The Morgan fingerprint density at radius 2 is 1.32 bits per heavy atom. The van der Waals surface area contributed by atoms with Crippen molar-refractivity contribution in [3.8, 4) is 0 Å². The number of hydrogen-bond donors (Lipinski definition) is 1. The first-order valence-corrected chi connectivity index (χ1v) is 8.36. The molecule has 126 valence electrons. The third kappa shape index (κ3) is 2.50. The van der Waals surface area contributed by atoms with E-state index >= 15 is 0 Å². The number of nitrogens with zero attached hydrogens (tertiary/aromatic N) is 2. The fourth-order valence-electron chi connectivity index (χ4n) is 3.86. The van der Waals surface area contributed by atoms with Gasteiger partial charge in [0, 0.05) is 54.2 Å². The molecule has 0 fully saturated rings. The van der Waals surface area contributed by atoms with Crippen LogP contribution in [0.5, 0.6) is 0 Å². The lowest BCUT2D eigenvalue weighted by atomic mass is 9.88. The van der Waals surface area contributed by atoms with Crippen LogP contribution in [0.2, 0.25) is 0 Å². The van der Waals surface area contributed by atoms with Gasteiger partial charge in [0.15, 0.2) is 0 Å². The smallest absolute Gasteiger partial charge is 0.304 e. The quantitative estimate of drug-likeness (QED) is 0.606. The van der Waals surface area contributed by atoms with Gasteiger partial charge in [-0.05, 0) is 23.3 Å². The minimum absolute atomic E-state index is 0.0714. The van der Waals surface area contributed by atoms with Crippen molar-refractivity contribution in [2.24, 2.45) is 14.1 Å². The molecule has 0 bridgehead atoms. The molecule has 4 heteroatoms. The second-order valence-corrected chi connectivity index (χ2v) is 6.58. The molecule has 4 rings (SSSR count). The van der Waals surface area contributed by atoms with Crippen molar-refractivity contribution in [3.63, 3.8) is 0 Å². The van der Waals surface area contributed by atoms with Crippen LogP contribution in [0.3, 0.4) is 0 Å². The third-order valence-electron chi connectivity index (χ3n) is 4.99. The molecule has 0 aliphatic rings. The normalized spacial score (nSPS) is 11.6. The van der Waals surface area contributed by atoms with Crippen molar-refractivity contribution in [1.82, 2.24) is 9.13 Å². The van der Waals surface area contributed by atoms with Crippen molar-refractivity contribution in [1.29, 1.82) is 0 Å². The summed E-state index contributed by atoms with van der Waals surface area (Å²) < 4.78 is 4.15. The summed E-state index contributed by atoms with van der Waals surface area (Å²) >= 11 is 0. The van der Waals surface area contributed by atoms with Crippen LogP contribution in [-0.4, -0.2) is 20.2 Å². The lowest BCUT2D eigenvalue weighted by molar-refractivity contribution is -0.137. The highest BCUT2D eigenvalue weighted by atomic mass is 16.4. The van der Waals surface area contributed by atoms with Gasteiger partial charge < -0.3 is 14.2 Å². The van der Waals surface area contributed by atoms with Crippen LogP contribution in [-0.2, 0) is 18.9 Å². The van der Waals surface area contributed by atoms with Gasteiger partial charge in [-0.15, -0.1) is 0 Å². The molecule has 4 nitrogen and oxygen atoms in total. The highest BCUT2D eigenvalue weighted by Gasteiger charge is 2.25. The first kappa shape index (κ1) is 15.5. The first-order chi connectivity index (χ1) is 12.1. The first-order valence-electron chi connectivity index (χ1n) is 8.36. The SMILES string of the molecule is Cn1cc(C(CC(=O)O)c2cn(C)c3ccccc23)c2ccccc21. The molecule has 0 saturated carbocycles. The highest BCUT2D eigenvalue weighted by Crippen LogP contribution is 2.38. The molecule has 1 N–H and O–H groups in total. The monoisotopic (exact) mass is 332 g/mol. The Morgan fingerprint density at radius 3 is 1.76 bits per heavy atom. The molecule has 2 aromatic heterocycles. The van der Waals surface area contributed by atoms with E-state index in [1.807, 2.05) is 38.4 Å². The third-order valence-corrected chi connectivity index (χ3v) is 4.99. The highest BCUT2D eigenvalue weighted by molar-refractivity contribution is 5.90. The number of benzene rings is 2. The number of rotatable bonds is 4. The fraction of sp³-hybridized carbons (Fsp3) is 0.190. The zero-order chi connectivity index (χ0) is 17.6. The predicted molar refractivity (Wildman–Crippen MR) is 99.9 cm³/mol. The Bertz CT molecular complexity index is 1010. The van der Waals surface area contributed by atoms with E-state index in [0.29, 0.717) is 0 Å². The van der Waals surface area contributed by atoms with Gasteiger partial charge in [0.25, 0.3) is 0 Å². The van der Waals surface area contributed by atoms with Gasteiger partial charge >= 0.3 is 5.97 Å². The van der Waals surface area contributed by atoms with Crippen LogP contribution < -0.4 is 0 Å². The van der Waals surface area contributed by atoms with E-state index in [4.69, 9.17) is 0 Å². The number of fused-ring (bicyclic) bond motifs is 2. The minimum atomic E-state index is -0.786. The van der Waals surface area contributed by atoms with Gasteiger partial charge in [-0.3, -0.25) is 4.79 Å². The Hall–Kier alpha value is -3.01. The van der Waals surface area contributed by atoms with E-state index in [1.165, 1.54) is 0 Å². The van der Waals surface area contributed by atoms with Gasteiger partial charge in [-0.1, -0.05) is 36.4 Å². The Kier molecular flexibility index (Phi) is 3.61. The summed E-state index contributed by atoms with van der Waals surface area (Å²) in [5, 5.41) is 11.8. The zero-order valence-electron chi connectivity index (χ0n) is 14.3. The van der Waals surface area contributed by atoms with E-state index < -0.39 is 5.97 Å². The number of carbonyl (C=O) groups is 1. The van der Waals surface area contributed by atoms with E-state index in [-0.39, 0.29) is 12.3 Å². The second-order valence-electron chi connectivity index (χ2n) is 6.58. The lowest BCUT2D eigenvalue weighted by Crippen LogP contribution is -2.07. The number of aromatic nitrogens is 2. The maximum absolute atomic E-state index is 11.6. The zero-order valence-corrected chi connectivity index (χ0v) is 14.3. The molecule has 0 aliphatic carbocycles. The average molecular weight is 332 g/mol. The van der Waals surface area contributed by atoms with E-state index in [9.17, 15) is 9.90 Å². The number of aryl methyl sites for hydroxylation is 2. The van der Waals surface area contributed by atoms with Crippen LogP contribution in [0.1, 0.15) is 23.5 Å². The van der Waals surface area contributed by atoms with Crippen LogP contribution in [0.15, 0.2) is 60.9 Å². The van der Waals surface area contributed by atoms with Crippen molar-refractivity contribution < 1.29 is 9.90 Å². The molecule has 0 atom stereocenters. The summed E-state index contributed by atoms with van der Waals surface area (Å²) in [6.45, 7) is 0. The lowest BCUT2D eigenvalue weighted by Gasteiger charge is -2.14. The summed E-state index contributed by atoms with van der Waals surface area (Å²) in [6.07, 6.45) is 4.21. The topological polar surface area (TPSA) is 47.2 Å².